The maximum absolute atomic E-state index is 14.0. The molecule has 0 amide bonds. The van der Waals surface area contributed by atoms with Crippen LogP contribution in [-0.2, 0) is 4.79 Å². The van der Waals surface area contributed by atoms with Gasteiger partial charge in [0.05, 0.1) is 12.5 Å². The molecule has 1 aromatic rings. The summed E-state index contributed by atoms with van der Waals surface area (Å²) in [5, 5.41) is 8.93. The van der Waals surface area contributed by atoms with Gasteiger partial charge in [-0.3, -0.25) is 4.79 Å². The van der Waals surface area contributed by atoms with E-state index in [2.05, 4.69) is 0 Å². The Morgan fingerprint density at radius 2 is 2.12 bits per heavy atom. The summed E-state index contributed by atoms with van der Waals surface area (Å²) < 4.78 is 19.0. The Morgan fingerprint density at radius 3 is 2.62 bits per heavy atom. The lowest BCUT2D eigenvalue weighted by Gasteiger charge is -2.24. The molecule has 0 saturated carbocycles. The zero-order chi connectivity index (χ0) is 12.3. The van der Waals surface area contributed by atoms with Crippen LogP contribution in [-0.4, -0.2) is 18.2 Å². The van der Waals surface area contributed by atoms with Crippen molar-refractivity contribution in [3.8, 4) is 5.75 Å². The second-order valence-electron chi connectivity index (χ2n) is 4.17. The van der Waals surface area contributed by atoms with Crippen LogP contribution >= 0.6 is 0 Å². The van der Waals surface area contributed by atoms with Crippen molar-refractivity contribution >= 4 is 5.97 Å². The van der Waals surface area contributed by atoms with Crippen LogP contribution in [0, 0.1) is 5.41 Å². The predicted molar refractivity (Wildman–Crippen MR) is 58.3 cm³/mol. The highest BCUT2D eigenvalue weighted by molar-refractivity contribution is 5.74. The van der Waals surface area contributed by atoms with Gasteiger partial charge in [-0.05, 0) is 31.5 Å². The van der Waals surface area contributed by atoms with Crippen molar-refractivity contribution in [2.24, 2.45) is 5.41 Å². The second-order valence-corrected chi connectivity index (χ2v) is 4.17. The average molecular weight is 226 g/mol. The minimum absolute atomic E-state index is 0.312. The van der Waals surface area contributed by atoms with E-state index < -0.39 is 17.6 Å². The minimum atomic E-state index is -1.57. The Hall–Kier alpha value is -1.58. The molecule has 88 valence electrons. The van der Waals surface area contributed by atoms with Gasteiger partial charge in [-0.15, -0.1) is 0 Å². The molecule has 1 N–H and O–H groups in total. The summed E-state index contributed by atoms with van der Waals surface area (Å²) in [7, 11) is 1.48. The van der Waals surface area contributed by atoms with Crippen LogP contribution in [0.1, 0.15) is 25.6 Å². The number of methoxy groups -OCH3 is 1. The molecular weight excluding hydrogens is 211 g/mol. The highest BCUT2D eigenvalue weighted by Crippen LogP contribution is 2.37. The number of alkyl halides is 1. The minimum Gasteiger partial charge on any atom is -0.497 e. The highest BCUT2D eigenvalue weighted by atomic mass is 19.1. The molecule has 0 spiro atoms. The van der Waals surface area contributed by atoms with E-state index in [0.29, 0.717) is 11.3 Å². The number of benzene rings is 1. The van der Waals surface area contributed by atoms with Crippen LogP contribution in [0.25, 0.3) is 0 Å². The van der Waals surface area contributed by atoms with Crippen LogP contribution in [0.15, 0.2) is 24.3 Å². The zero-order valence-electron chi connectivity index (χ0n) is 9.53. The first kappa shape index (κ1) is 12.5. The predicted octanol–water partition coefficient (Wildman–Crippen LogP) is 2.82. The SMILES string of the molecule is COc1cccc(C(F)C(C)(C)C(=O)O)c1. The van der Waals surface area contributed by atoms with Gasteiger partial charge in [0.1, 0.15) is 11.9 Å². The van der Waals surface area contributed by atoms with Gasteiger partial charge in [0, 0.05) is 0 Å². The summed E-state index contributed by atoms with van der Waals surface area (Å²) in [4.78, 5) is 10.9. The lowest BCUT2D eigenvalue weighted by Crippen LogP contribution is -2.29. The standard InChI is InChI=1S/C12H15FO3/c1-12(2,11(14)15)10(13)8-5-4-6-9(7-8)16-3/h4-7,10H,1-3H3,(H,14,15). The summed E-state index contributed by atoms with van der Waals surface area (Å²) in [5.41, 5.74) is -1.14. The Bertz CT molecular complexity index is 388. The zero-order valence-corrected chi connectivity index (χ0v) is 9.53. The van der Waals surface area contributed by atoms with Crippen molar-refractivity contribution in [2.75, 3.05) is 7.11 Å². The Kier molecular flexibility index (Phi) is 3.52. The molecule has 1 rings (SSSR count). The summed E-state index contributed by atoms with van der Waals surface area (Å²) >= 11 is 0. The van der Waals surface area contributed by atoms with Crippen molar-refractivity contribution in [1.82, 2.24) is 0 Å². The van der Waals surface area contributed by atoms with Gasteiger partial charge in [0.25, 0.3) is 0 Å². The molecule has 0 heterocycles. The monoisotopic (exact) mass is 226 g/mol. The molecule has 0 aliphatic carbocycles. The number of halogens is 1. The molecule has 0 radical (unpaired) electrons. The van der Waals surface area contributed by atoms with Crippen LogP contribution in [0.4, 0.5) is 4.39 Å². The van der Waals surface area contributed by atoms with Crippen molar-refractivity contribution in [3.63, 3.8) is 0 Å². The molecule has 0 aliphatic heterocycles. The summed E-state index contributed by atoms with van der Waals surface area (Å²) in [6.07, 6.45) is -1.57. The quantitative estimate of drug-likeness (QED) is 0.858. The number of ether oxygens (including phenoxy) is 1. The molecule has 4 heteroatoms. The molecule has 16 heavy (non-hydrogen) atoms. The maximum atomic E-state index is 14.0. The maximum Gasteiger partial charge on any atom is 0.312 e. The molecule has 1 unspecified atom stereocenters. The molecule has 0 aliphatic rings. The second kappa shape index (κ2) is 4.51. The Morgan fingerprint density at radius 1 is 1.50 bits per heavy atom. The molecule has 0 aromatic heterocycles. The number of carbonyl (C=O) groups is 1. The van der Waals surface area contributed by atoms with Crippen LogP contribution in [0.2, 0.25) is 0 Å². The number of rotatable bonds is 4. The normalized spacial score (nSPS) is 13.2. The summed E-state index contributed by atoms with van der Waals surface area (Å²) in [5.74, 6) is -0.649. The van der Waals surface area contributed by atoms with E-state index in [1.54, 1.807) is 18.2 Å². The van der Waals surface area contributed by atoms with Crippen molar-refractivity contribution in [1.29, 1.82) is 0 Å². The molecule has 0 fully saturated rings. The fraction of sp³-hybridized carbons (Fsp3) is 0.417. The van der Waals surface area contributed by atoms with E-state index in [4.69, 9.17) is 9.84 Å². The molecule has 0 saturated heterocycles. The number of carboxylic acid groups (broad SMARTS) is 1. The van der Waals surface area contributed by atoms with E-state index in [1.165, 1.54) is 27.0 Å². The molecule has 0 bridgehead atoms. The van der Waals surface area contributed by atoms with E-state index in [0.717, 1.165) is 0 Å². The molecule has 3 nitrogen and oxygen atoms in total. The van der Waals surface area contributed by atoms with Crippen LogP contribution in [0.5, 0.6) is 5.75 Å². The van der Waals surface area contributed by atoms with Crippen LogP contribution in [0.3, 0.4) is 0 Å². The van der Waals surface area contributed by atoms with E-state index in [1.807, 2.05) is 0 Å². The lowest BCUT2D eigenvalue weighted by molar-refractivity contribution is -0.150. The van der Waals surface area contributed by atoms with Gasteiger partial charge in [-0.1, -0.05) is 12.1 Å². The van der Waals surface area contributed by atoms with Crippen molar-refractivity contribution in [3.05, 3.63) is 29.8 Å². The number of carboxylic acids is 1. The summed E-state index contributed by atoms with van der Waals surface area (Å²) in [6, 6.07) is 6.38. The van der Waals surface area contributed by atoms with Crippen LogP contribution < -0.4 is 4.74 Å². The van der Waals surface area contributed by atoms with Gasteiger partial charge >= 0.3 is 5.97 Å². The third kappa shape index (κ3) is 2.32. The lowest BCUT2D eigenvalue weighted by atomic mass is 9.84. The van der Waals surface area contributed by atoms with Crippen molar-refractivity contribution in [2.45, 2.75) is 20.0 Å². The first-order valence-corrected chi connectivity index (χ1v) is 4.91. The largest absolute Gasteiger partial charge is 0.497 e. The third-order valence-corrected chi connectivity index (χ3v) is 2.57. The molecular formula is C12H15FO3. The fourth-order valence-electron chi connectivity index (χ4n) is 1.32. The number of hydrogen-bond acceptors (Lipinski definition) is 2. The molecule has 1 atom stereocenters. The van der Waals surface area contributed by atoms with Gasteiger partial charge < -0.3 is 9.84 Å². The first-order chi connectivity index (χ1) is 7.39. The summed E-state index contributed by atoms with van der Waals surface area (Å²) in [6.45, 7) is 2.72. The van der Waals surface area contributed by atoms with E-state index in [9.17, 15) is 9.18 Å². The Labute approximate surface area is 93.9 Å². The third-order valence-electron chi connectivity index (χ3n) is 2.57. The topological polar surface area (TPSA) is 46.5 Å². The van der Waals surface area contributed by atoms with Gasteiger partial charge in [0.2, 0.25) is 0 Å². The first-order valence-electron chi connectivity index (χ1n) is 4.91. The van der Waals surface area contributed by atoms with Crippen molar-refractivity contribution < 1.29 is 19.0 Å². The van der Waals surface area contributed by atoms with E-state index in [-0.39, 0.29) is 0 Å². The van der Waals surface area contributed by atoms with E-state index >= 15 is 0 Å². The van der Waals surface area contributed by atoms with Gasteiger partial charge in [0.15, 0.2) is 0 Å². The highest BCUT2D eigenvalue weighted by Gasteiger charge is 2.38. The number of aliphatic carboxylic acids is 1. The van der Waals surface area contributed by atoms with Gasteiger partial charge in [-0.2, -0.15) is 0 Å². The average Bonchev–Trinajstić information content (AvgIpc) is 2.27. The van der Waals surface area contributed by atoms with Gasteiger partial charge in [-0.25, -0.2) is 4.39 Å². The number of hydrogen-bond donors (Lipinski definition) is 1. The smallest absolute Gasteiger partial charge is 0.312 e. The fourth-order valence-corrected chi connectivity index (χ4v) is 1.32. The molecule has 1 aromatic carbocycles. The Balaban J connectivity index is 3.04.